The van der Waals surface area contributed by atoms with Crippen molar-refractivity contribution in [3.05, 3.63) is 28.8 Å². The average molecular weight is 256 g/mol. The Morgan fingerprint density at radius 3 is 3.12 bits per heavy atom. The van der Waals surface area contributed by atoms with Crippen LogP contribution in [0.2, 0.25) is 5.02 Å². The minimum atomic E-state index is 0.350. The van der Waals surface area contributed by atoms with Gasteiger partial charge in [-0.15, -0.1) is 0 Å². The zero-order valence-corrected chi connectivity index (χ0v) is 10.8. The summed E-state index contributed by atoms with van der Waals surface area (Å²) >= 11 is 6.15. The Labute approximate surface area is 107 Å². The van der Waals surface area contributed by atoms with E-state index < -0.39 is 0 Å². The fraction of sp³-hybridized carbons (Fsp3) is 0.538. The molecule has 1 atom stereocenters. The molecular formula is C13H18ClNO2. The highest BCUT2D eigenvalue weighted by atomic mass is 35.5. The van der Waals surface area contributed by atoms with Crippen molar-refractivity contribution in [1.82, 2.24) is 5.32 Å². The number of benzene rings is 1. The second-order valence-corrected chi connectivity index (χ2v) is 4.59. The quantitative estimate of drug-likeness (QED) is 0.877. The molecule has 1 aromatic carbocycles. The smallest absolute Gasteiger partial charge is 0.124 e. The van der Waals surface area contributed by atoms with Crippen LogP contribution in [0.3, 0.4) is 0 Å². The van der Waals surface area contributed by atoms with E-state index in [0.717, 1.165) is 35.9 Å². The molecule has 94 valence electrons. The Morgan fingerprint density at radius 2 is 2.41 bits per heavy atom. The van der Waals surface area contributed by atoms with Gasteiger partial charge in [0, 0.05) is 30.3 Å². The number of halogens is 1. The standard InChI is InChI=1S/C13H18ClNO2/c1-16-13-6-2-5-12(14)11(13)9-15-8-10-4-3-7-17-10/h2,5-6,10,15H,3-4,7-9H2,1H3. The van der Waals surface area contributed by atoms with Crippen LogP contribution < -0.4 is 10.1 Å². The fourth-order valence-electron chi connectivity index (χ4n) is 2.07. The first-order valence-corrected chi connectivity index (χ1v) is 6.32. The average Bonchev–Trinajstić information content (AvgIpc) is 2.84. The molecule has 1 heterocycles. The molecule has 1 N–H and O–H groups in total. The summed E-state index contributed by atoms with van der Waals surface area (Å²) in [6, 6.07) is 5.70. The molecule has 0 amide bonds. The molecule has 1 aliphatic rings. The predicted octanol–water partition coefficient (Wildman–Crippen LogP) is 2.62. The van der Waals surface area contributed by atoms with Gasteiger partial charge in [-0.3, -0.25) is 0 Å². The van der Waals surface area contributed by atoms with E-state index in [1.54, 1.807) is 7.11 Å². The van der Waals surface area contributed by atoms with Gasteiger partial charge in [-0.05, 0) is 25.0 Å². The molecule has 2 rings (SSSR count). The number of hydrogen-bond donors (Lipinski definition) is 1. The van der Waals surface area contributed by atoms with Crippen LogP contribution in [-0.2, 0) is 11.3 Å². The summed E-state index contributed by atoms with van der Waals surface area (Å²) < 4.78 is 10.8. The fourth-order valence-corrected chi connectivity index (χ4v) is 2.30. The van der Waals surface area contributed by atoms with Crippen molar-refractivity contribution in [2.24, 2.45) is 0 Å². The van der Waals surface area contributed by atoms with Crippen molar-refractivity contribution >= 4 is 11.6 Å². The number of hydrogen-bond acceptors (Lipinski definition) is 3. The number of methoxy groups -OCH3 is 1. The first-order chi connectivity index (χ1) is 8.31. The predicted molar refractivity (Wildman–Crippen MR) is 68.7 cm³/mol. The highest BCUT2D eigenvalue weighted by Gasteiger charge is 2.15. The summed E-state index contributed by atoms with van der Waals surface area (Å²) in [4.78, 5) is 0. The van der Waals surface area contributed by atoms with Gasteiger partial charge >= 0.3 is 0 Å². The lowest BCUT2D eigenvalue weighted by Crippen LogP contribution is -2.26. The molecule has 0 bridgehead atoms. The monoisotopic (exact) mass is 255 g/mol. The number of rotatable bonds is 5. The lowest BCUT2D eigenvalue weighted by molar-refractivity contribution is 0.110. The van der Waals surface area contributed by atoms with Crippen LogP contribution in [-0.4, -0.2) is 26.4 Å². The molecule has 0 radical (unpaired) electrons. The summed E-state index contributed by atoms with van der Waals surface area (Å²) in [5.74, 6) is 0.831. The van der Waals surface area contributed by atoms with E-state index in [4.69, 9.17) is 21.1 Å². The lowest BCUT2D eigenvalue weighted by atomic mass is 10.2. The van der Waals surface area contributed by atoms with E-state index >= 15 is 0 Å². The van der Waals surface area contributed by atoms with Crippen LogP contribution >= 0.6 is 11.6 Å². The van der Waals surface area contributed by atoms with Gasteiger partial charge in [-0.2, -0.15) is 0 Å². The second-order valence-electron chi connectivity index (χ2n) is 4.19. The first kappa shape index (κ1) is 12.7. The molecule has 1 unspecified atom stereocenters. The maximum Gasteiger partial charge on any atom is 0.124 e. The maximum atomic E-state index is 6.15. The SMILES string of the molecule is COc1cccc(Cl)c1CNCC1CCCO1. The van der Waals surface area contributed by atoms with Crippen molar-refractivity contribution in [2.45, 2.75) is 25.5 Å². The Kier molecular flexibility index (Phi) is 4.66. The third kappa shape index (κ3) is 3.35. The summed E-state index contributed by atoms with van der Waals surface area (Å²) in [6.07, 6.45) is 2.66. The van der Waals surface area contributed by atoms with Gasteiger partial charge in [-0.1, -0.05) is 17.7 Å². The van der Waals surface area contributed by atoms with Gasteiger partial charge in [0.1, 0.15) is 5.75 Å². The molecule has 0 saturated carbocycles. The van der Waals surface area contributed by atoms with E-state index in [0.29, 0.717) is 12.6 Å². The molecule has 0 spiro atoms. The molecule has 1 fully saturated rings. The van der Waals surface area contributed by atoms with E-state index in [1.165, 1.54) is 6.42 Å². The van der Waals surface area contributed by atoms with Crippen molar-refractivity contribution in [1.29, 1.82) is 0 Å². The van der Waals surface area contributed by atoms with Crippen LogP contribution in [0, 0.1) is 0 Å². The molecular weight excluding hydrogens is 238 g/mol. The van der Waals surface area contributed by atoms with Gasteiger partial charge in [0.05, 0.1) is 13.2 Å². The highest BCUT2D eigenvalue weighted by Crippen LogP contribution is 2.25. The van der Waals surface area contributed by atoms with E-state index in [1.807, 2.05) is 18.2 Å². The Morgan fingerprint density at radius 1 is 1.53 bits per heavy atom. The first-order valence-electron chi connectivity index (χ1n) is 5.95. The molecule has 4 heteroatoms. The van der Waals surface area contributed by atoms with Crippen LogP contribution in [0.4, 0.5) is 0 Å². The Bertz CT molecular complexity index is 364. The van der Waals surface area contributed by atoms with Gasteiger partial charge in [0.2, 0.25) is 0 Å². The van der Waals surface area contributed by atoms with Crippen LogP contribution in [0.5, 0.6) is 5.75 Å². The van der Waals surface area contributed by atoms with Crippen molar-refractivity contribution in [2.75, 3.05) is 20.3 Å². The lowest BCUT2D eigenvalue weighted by Gasteiger charge is -2.13. The molecule has 17 heavy (non-hydrogen) atoms. The van der Waals surface area contributed by atoms with E-state index in [9.17, 15) is 0 Å². The van der Waals surface area contributed by atoms with Crippen LogP contribution in [0.15, 0.2) is 18.2 Å². The van der Waals surface area contributed by atoms with Gasteiger partial charge in [0.25, 0.3) is 0 Å². The van der Waals surface area contributed by atoms with Crippen LogP contribution in [0.25, 0.3) is 0 Å². The third-order valence-corrected chi connectivity index (χ3v) is 3.35. The highest BCUT2D eigenvalue weighted by molar-refractivity contribution is 6.31. The van der Waals surface area contributed by atoms with Crippen molar-refractivity contribution < 1.29 is 9.47 Å². The molecule has 0 aliphatic carbocycles. The molecule has 3 nitrogen and oxygen atoms in total. The number of nitrogens with one attached hydrogen (secondary N) is 1. The van der Waals surface area contributed by atoms with E-state index in [-0.39, 0.29) is 0 Å². The molecule has 0 aromatic heterocycles. The van der Waals surface area contributed by atoms with Crippen molar-refractivity contribution in [3.8, 4) is 5.75 Å². The minimum absolute atomic E-state index is 0.350. The zero-order chi connectivity index (χ0) is 12.1. The molecule has 1 saturated heterocycles. The van der Waals surface area contributed by atoms with Gasteiger partial charge in [0.15, 0.2) is 0 Å². The van der Waals surface area contributed by atoms with Crippen LogP contribution in [0.1, 0.15) is 18.4 Å². The topological polar surface area (TPSA) is 30.5 Å². The van der Waals surface area contributed by atoms with Gasteiger partial charge in [-0.25, -0.2) is 0 Å². The Balaban J connectivity index is 1.89. The van der Waals surface area contributed by atoms with Gasteiger partial charge < -0.3 is 14.8 Å². The largest absolute Gasteiger partial charge is 0.496 e. The molecule has 1 aromatic rings. The summed E-state index contributed by atoms with van der Waals surface area (Å²) in [6.45, 7) is 2.47. The number of ether oxygens (including phenoxy) is 2. The summed E-state index contributed by atoms with van der Waals surface area (Å²) in [5.41, 5.74) is 1.01. The summed E-state index contributed by atoms with van der Waals surface area (Å²) in [7, 11) is 1.66. The Hall–Kier alpha value is -0.770. The van der Waals surface area contributed by atoms with E-state index in [2.05, 4.69) is 5.32 Å². The minimum Gasteiger partial charge on any atom is -0.496 e. The molecule has 1 aliphatic heterocycles. The maximum absolute atomic E-state index is 6.15. The van der Waals surface area contributed by atoms with Crippen molar-refractivity contribution in [3.63, 3.8) is 0 Å². The second kappa shape index (κ2) is 6.24. The third-order valence-electron chi connectivity index (χ3n) is 2.99. The normalized spacial score (nSPS) is 19.5. The summed E-state index contributed by atoms with van der Waals surface area (Å²) in [5, 5.41) is 4.11. The zero-order valence-electron chi connectivity index (χ0n) is 10.0.